The van der Waals surface area contributed by atoms with Crippen molar-refractivity contribution in [3.63, 3.8) is 0 Å². The predicted molar refractivity (Wildman–Crippen MR) is 94.5 cm³/mol. The lowest BCUT2D eigenvalue weighted by Gasteiger charge is -2.25. The molecule has 0 unspecified atom stereocenters. The summed E-state index contributed by atoms with van der Waals surface area (Å²) in [7, 11) is 0. The van der Waals surface area contributed by atoms with Crippen LogP contribution in [0.15, 0.2) is 30.3 Å². The van der Waals surface area contributed by atoms with E-state index in [1.807, 2.05) is 17.9 Å². The van der Waals surface area contributed by atoms with E-state index in [-0.39, 0.29) is 11.3 Å². The van der Waals surface area contributed by atoms with Crippen LogP contribution in [0.25, 0.3) is 0 Å². The highest BCUT2D eigenvalue weighted by molar-refractivity contribution is 7.15. The van der Waals surface area contributed by atoms with Gasteiger partial charge in [-0.3, -0.25) is 4.79 Å². The Morgan fingerprint density at radius 3 is 2.70 bits per heavy atom. The van der Waals surface area contributed by atoms with E-state index in [2.05, 4.69) is 43.1 Å². The summed E-state index contributed by atoms with van der Waals surface area (Å²) in [5.74, 6) is 0.545. The van der Waals surface area contributed by atoms with Crippen molar-refractivity contribution in [3.8, 4) is 0 Å². The monoisotopic (exact) mass is 329 g/mol. The zero-order valence-corrected chi connectivity index (χ0v) is 14.7. The summed E-state index contributed by atoms with van der Waals surface area (Å²) in [6.07, 6.45) is 0.401. The van der Waals surface area contributed by atoms with Crippen molar-refractivity contribution in [1.29, 1.82) is 0 Å². The Morgan fingerprint density at radius 1 is 1.39 bits per heavy atom. The number of aryl methyl sites for hydroxylation is 1. The Hall–Kier alpha value is -1.88. The number of benzene rings is 1. The summed E-state index contributed by atoms with van der Waals surface area (Å²) in [4.78, 5) is 19.9. The van der Waals surface area contributed by atoms with Crippen molar-refractivity contribution in [3.05, 3.63) is 46.5 Å². The normalized spacial score (nSPS) is 20.0. The Balaban J connectivity index is 1.75. The van der Waals surface area contributed by atoms with Crippen LogP contribution in [-0.4, -0.2) is 28.9 Å². The first-order valence-electron chi connectivity index (χ1n) is 7.91. The van der Waals surface area contributed by atoms with E-state index < -0.39 is 0 Å². The van der Waals surface area contributed by atoms with E-state index in [0.717, 1.165) is 23.7 Å². The fourth-order valence-corrected chi connectivity index (χ4v) is 4.25. The molecule has 0 bridgehead atoms. The molecule has 1 saturated heterocycles. The summed E-state index contributed by atoms with van der Waals surface area (Å²) in [6, 6.07) is 10.5. The standard InChI is InChI=1S/C18H23N3OS/c1-12-15(23-17(19)20-12)9-16(22)21-10-14(18(2,3)11-21)13-7-5-4-6-8-13/h4-8,14H,9-11H2,1-3H3,(H2,19,20)/t14-/m1/s1. The quantitative estimate of drug-likeness (QED) is 0.940. The average molecular weight is 329 g/mol. The van der Waals surface area contributed by atoms with Crippen LogP contribution in [0.5, 0.6) is 0 Å². The molecule has 0 saturated carbocycles. The molecular formula is C18H23N3OS. The van der Waals surface area contributed by atoms with Gasteiger partial charge < -0.3 is 10.6 Å². The molecule has 0 aliphatic carbocycles. The molecule has 2 N–H and O–H groups in total. The molecule has 0 radical (unpaired) electrons. The first-order valence-corrected chi connectivity index (χ1v) is 8.73. The third kappa shape index (κ3) is 3.24. The molecule has 5 heteroatoms. The second-order valence-corrected chi connectivity index (χ2v) is 8.08. The predicted octanol–water partition coefficient (Wildman–Crippen LogP) is 3.23. The Kier molecular flexibility index (Phi) is 4.15. The van der Waals surface area contributed by atoms with Gasteiger partial charge in [0, 0.05) is 23.9 Å². The van der Waals surface area contributed by atoms with Gasteiger partial charge in [-0.05, 0) is 17.9 Å². The van der Waals surface area contributed by atoms with Crippen LogP contribution < -0.4 is 5.73 Å². The molecule has 1 amide bonds. The van der Waals surface area contributed by atoms with Gasteiger partial charge in [0.2, 0.25) is 5.91 Å². The molecule has 122 valence electrons. The number of carbonyl (C=O) groups is 1. The van der Waals surface area contributed by atoms with Gasteiger partial charge in [-0.25, -0.2) is 4.98 Å². The topological polar surface area (TPSA) is 59.2 Å². The fraction of sp³-hybridized carbons (Fsp3) is 0.444. The van der Waals surface area contributed by atoms with Gasteiger partial charge in [0.05, 0.1) is 12.1 Å². The molecule has 4 nitrogen and oxygen atoms in total. The first-order chi connectivity index (χ1) is 10.9. The molecule has 23 heavy (non-hydrogen) atoms. The zero-order chi connectivity index (χ0) is 16.6. The number of carbonyl (C=O) groups excluding carboxylic acids is 1. The Bertz CT molecular complexity index is 708. The first kappa shape index (κ1) is 16.0. The second-order valence-electron chi connectivity index (χ2n) is 6.96. The van der Waals surface area contributed by atoms with Gasteiger partial charge >= 0.3 is 0 Å². The number of rotatable bonds is 3. The molecule has 1 fully saturated rings. The molecule has 1 aromatic heterocycles. The third-order valence-corrected chi connectivity index (χ3v) is 5.71. The minimum absolute atomic E-state index is 0.0821. The number of aromatic nitrogens is 1. The molecule has 3 rings (SSSR count). The second kappa shape index (κ2) is 5.96. The maximum absolute atomic E-state index is 12.7. The average Bonchev–Trinajstić information content (AvgIpc) is 2.98. The zero-order valence-electron chi connectivity index (χ0n) is 13.9. The van der Waals surface area contributed by atoms with Crippen molar-refractivity contribution >= 4 is 22.4 Å². The van der Waals surface area contributed by atoms with E-state index in [1.165, 1.54) is 16.9 Å². The molecule has 0 spiro atoms. The summed E-state index contributed by atoms with van der Waals surface area (Å²) in [6.45, 7) is 7.97. The van der Waals surface area contributed by atoms with E-state index in [0.29, 0.717) is 17.5 Å². The molecule has 1 atom stereocenters. The van der Waals surface area contributed by atoms with Crippen LogP contribution in [0.4, 0.5) is 5.13 Å². The molecular weight excluding hydrogens is 306 g/mol. The minimum Gasteiger partial charge on any atom is -0.375 e. The molecule has 2 heterocycles. The number of anilines is 1. The van der Waals surface area contributed by atoms with Gasteiger partial charge in [-0.1, -0.05) is 44.2 Å². The SMILES string of the molecule is Cc1nc(N)sc1CC(=O)N1C[C@H](c2ccccc2)C(C)(C)C1. The lowest BCUT2D eigenvalue weighted by Crippen LogP contribution is -2.31. The van der Waals surface area contributed by atoms with Crippen LogP contribution in [0.1, 0.15) is 35.9 Å². The third-order valence-electron chi connectivity index (χ3n) is 4.72. The minimum atomic E-state index is 0.0821. The molecule has 2 aromatic rings. The number of nitrogen functional groups attached to an aromatic ring is 1. The van der Waals surface area contributed by atoms with Gasteiger partial charge in [0.15, 0.2) is 5.13 Å². The number of nitrogens with zero attached hydrogens (tertiary/aromatic N) is 2. The maximum Gasteiger partial charge on any atom is 0.227 e. The highest BCUT2D eigenvalue weighted by atomic mass is 32.1. The van der Waals surface area contributed by atoms with Gasteiger partial charge in [-0.15, -0.1) is 11.3 Å². The van der Waals surface area contributed by atoms with Crippen LogP contribution >= 0.6 is 11.3 Å². The van der Waals surface area contributed by atoms with E-state index in [4.69, 9.17) is 5.73 Å². The number of hydrogen-bond donors (Lipinski definition) is 1. The lowest BCUT2D eigenvalue weighted by atomic mass is 9.78. The Morgan fingerprint density at radius 2 is 2.09 bits per heavy atom. The van der Waals surface area contributed by atoms with Crippen LogP contribution in [-0.2, 0) is 11.2 Å². The van der Waals surface area contributed by atoms with Crippen LogP contribution in [0, 0.1) is 12.3 Å². The van der Waals surface area contributed by atoms with Crippen LogP contribution in [0.3, 0.4) is 0 Å². The molecule has 1 aromatic carbocycles. The van der Waals surface area contributed by atoms with E-state index in [9.17, 15) is 4.79 Å². The number of likely N-dealkylation sites (tertiary alicyclic amines) is 1. The lowest BCUT2D eigenvalue weighted by molar-refractivity contribution is -0.129. The van der Waals surface area contributed by atoms with E-state index >= 15 is 0 Å². The van der Waals surface area contributed by atoms with Crippen molar-refractivity contribution in [1.82, 2.24) is 9.88 Å². The maximum atomic E-state index is 12.7. The van der Waals surface area contributed by atoms with Gasteiger partial charge in [-0.2, -0.15) is 0 Å². The van der Waals surface area contributed by atoms with Crippen LogP contribution in [0.2, 0.25) is 0 Å². The highest BCUT2D eigenvalue weighted by Gasteiger charge is 2.41. The number of nitrogens with two attached hydrogens (primary N) is 1. The smallest absolute Gasteiger partial charge is 0.227 e. The Labute approximate surface area is 141 Å². The largest absolute Gasteiger partial charge is 0.375 e. The van der Waals surface area contributed by atoms with Gasteiger partial charge in [0.25, 0.3) is 0 Å². The van der Waals surface area contributed by atoms with Crippen molar-refractivity contribution in [2.75, 3.05) is 18.8 Å². The summed E-state index contributed by atoms with van der Waals surface area (Å²) >= 11 is 1.42. The van der Waals surface area contributed by atoms with E-state index in [1.54, 1.807) is 0 Å². The molecule has 1 aliphatic rings. The highest BCUT2D eigenvalue weighted by Crippen LogP contribution is 2.42. The van der Waals surface area contributed by atoms with Gasteiger partial charge in [0.1, 0.15) is 0 Å². The number of thiazole rings is 1. The van der Waals surface area contributed by atoms with Crippen molar-refractivity contribution < 1.29 is 4.79 Å². The van der Waals surface area contributed by atoms with Crippen molar-refractivity contribution in [2.45, 2.75) is 33.1 Å². The summed E-state index contributed by atoms with van der Waals surface area (Å²) < 4.78 is 0. The number of amides is 1. The summed E-state index contributed by atoms with van der Waals surface area (Å²) in [5.41, 5.74) is 8.00. The number of hydrogen-bond acceptors (Lipinski definition) is 4. The summed E-state index contributed by atoms with van der Waals surface area (Å²) in [5, 5.41) is 0.536. The molecule has 1 aliphatic heterocycles. The fourth-order valence-electron chi connectivity index (χ4n) is 3.43. The van der Waals surface area contributed by atoms with Crippen molar-refractivity contribution in [2.24, 2.45) is 5.41 Å².